The molecule has 24 heavy (non-hydrogen) atoms. The van der Waals surface area contributed by atoms with Crippen molar-refractivity contribution < 1.29 is 17.9 Å². The fraction of sp³-hybridized carbons (Fsp3) is 0.647. The van der Waals surface area contributed by atoms with Gasteiger partial charge in [0.15, 0.2) is 0 Å². The van der Waals surface area contributed by atoms with Gasteiger partial charge in [0.1, 0.15) is 5.75 Å². The number of hydrogen-bond donors (Lipinski definition) is 1. The number of hydrogen-bond acceptors (Lipinski definition) is 5. The van der Waals surface area contributed by atoms with E-state index in [4.69, 9.17) is 9.47 Å². The number of ether oxygens (including phenoxy) is 2. The van der Waals surface area contributed by atoms with Crippen LogP contribution in [-0.2, 0) is 14.8 Å². The Morgan fingerprint density at radius 2 is 1.96 bits per heavy atom. The fourth-order valence-corrected chi connectivity index (χ4v) is 4.40. The molecule has 0 amide bonds. The van der Waals surface area contributed by atoms with Crippen molar-refractivity contribution in [2.24, 2.45) is 0 Å². The molecule has 0 unspecified atom stereocenters. The van der Waals surface area contributed by atoms with Gasteiger partial charge in [-0.1, -0.05) is 0 Å². The number of aryl methyl sites for hydroxylation is 1. The van der Waals surface area contributed by atoms with Crippen molar-refractivity contribution >= 4 is 10.0 Å². The molecular weight excluding hydrogens is 328 g/mol. The molecule has 6 nitrogen and oxygen atoms in total. The molecule has 0 saturated carbocycles. The highest BCUT2D eigenvalue weighted by molar-refractivity contribution is 7.89. The quantitative estimate of drug-likeness (QED) is 0.755. The molecular formula is C17H28N2O4S. The lowest BCUT2D eigenvalue weighted by Crippen LogP contribution is -2.46. The van der Waals surface area contributed by atoms with Gasteiger partial charge < -0.3 is 9.47 Å². The smallest absolute Gasteiger partial charge is 0.240 e. The lowest BCUT2D eigenvalue weighted by Gasteiger charge is -2.35. The van der Waals surface area contributed by atoms with Gasteiger partial charge in [0, 0.05) is 19.6 Å². The van der Waals surface area contributed by atoms with Crippen LogP contribution in [0.25, 0.3) is 0 Å². The van der Waals surface area contributed by atoms with E-state index in [2.05, 4.69) is 23.5 Å². The Hall–Kier alpha value is -1.15. The monoisotopic (exact) mass is 356 g/mol. The van der Waals surface area contributed by atoms with Crippen molar-refractivity contribution in [1.82, 2.24) is 9.62 Å². The van der Waals surface area contributed by atoms with Crippen molar-refractivity contribution in [3.8, 4) is 5.75 Å². The first-order chi connectivity index (χ1) is 11.3. The van der Waals surface area contributed by atoms with Crippen LogP contribution in [0.1, 0.15) is 25.8 Å². The van der Waals surface area contributed by atoms with E-state index < -0.39 is 10.0 Å². The molecule has 0 spiro atoms. The predicted molar refractivity (Wildman–Crippen MR) is 94.0 cm³/mol. The molecule has 0 radical (unpaired) electrons. The predicted octanol–water partition coefficient (Wildman–Crippen LogP) is 1.78. The van der Waals surface area contributed by atoms with Gasteiger partial charge in [-0.15, -0.1) is 0 Å². The first-order valence-corrected chi connectivity index (χ1v) is 9.82. The molecule has 2 atom stereocenters. The van der Waals surface area contributed by atoms with Gasteiger partial charge >= 0.3 is 0 Å². The molecule has 0 aromatic heterocycles. The average molecular weight is 356 g/mol. The normalized spacial score (nSPS) is 22.5. The summed E-state index contributed by atoms with van der Waals surface area (Å²) >= 11 is 0. The maximum Gasteiger partial charge on any atom is 0.240 e. The van der Waals surface area contributed by atoms with Crippen LogP contribution < -0.4 is 9.46 Å². The molecule has 1 aromatic rings. The van der Waals surface area contributed by atoms with E-state index in [0.717, 1.165) is 26.1 Å². The summed E-state index contributed by atoms with van der Waals surface area (Å²) in [7, 11) is -1.93. The van der Waals surface area contributed by atoms with Crippen molar-refractivity contribution in [3.05, 3.63) is 23.8 Å². The average Bonchev–Trinajstić information content (AvgIpc) is 2.50. The Labute approximate surface area is 145 Å². The van der Waals surface area contributed by atoms with Crippen LogP contribution in [-0.4, -0.2) is 58.8 Å². The van der Waals surface area contributed by atoms with E-state index in [9.17, 15) is 8.42 Å². The Kier molecular flexibility index (Phi) is 6.62. The molecule has 1 heterocycles. The topological polar surface area (TPSA) is 67.9 Å². The lowest BCUT2D eigenvalue weighted by atomic mass is 10.2. The zero-order chi connectivity index (χ0) is 17.7. The maximum atomic E-state index is 12.4. The first kappa shape index (κ1) is 19.2. The number of rotatable bonds is 7. The number of sulfonamides is 1. The summed E-state index contributed by atoms with van der Waals surface area (Å²) in [5.41, 5.74) is 0.678. The SMILES string of the molecule is COc1ccc(S(=O)(=O)NCCCN2C[C@H](C)O[C@@H](C)C2)c(C)c1. The van der Waals surface area contributed by atoms with E-state index in [-0.39, 0.29) is 12.2 Å². The van der Waals surface area contributed by atoms with Crippen LogP contribution in [0.4, 0.5) is 0 Å². The van der Waals surface area contributed by atoms with Gasteiger partial charge in [-0.2, -0.15) is 0 Å². The molecule has 1 aliphatic heterocycles. The minimum Gasteiger partial charge on any atom is -0.497 e. The second-order valence-corrected chi connectivity index (χ2v) is 8.14. The van der Waals surface area contributed by atoms with E-state index >= 15 is 0 Å². The van der Waals surface area contributed by atoms with Crippen molar-refractivity contribution in [3.63, 3.8) is 0 Å². The van der Waals surface area contributed by atoms with Crippen LogP contribution in [0.3, 0.4) is 0 Å². The van der Waals surface area contributed by atoms with E-state index in [1.807, 2.05) is 0 Å². The van der Waals surface area contributed by atoms with Crippen molar-refractivity contribution in [2.45, 2.75) is 44.3 Å². The summed E-state index contributed by atoms with van der Waals surface area (Å²) in [6.45, 7) is 8.99. The van der Waals surface area contributed by atoms with Crippen LogP contribution >= 0.6 is 0 Å². The Balaban J connectivity index is 1.85. The second kappa shape index (κ2) is 8.29. The largest absolute Gasteiger partial charge is 0.497 e. The molecule has 1 aromatic carbocycles. The molecule has 0 bridgehead atoms. The van der Waals surface area contributed by atoms with Gasteiger partial charge in [-0.25, -0.2) is 13.1 Å². The van der Waals surface area contributed by atoms with E-state index in [0.29, 0.717) is 22.8 Å². The van der Waals surface area contributed by atoms with Gasteiger partial charge in [0.2, 0.25) is 10.0 Å². The maximum absolute atomic E-state index is 12.4. The molecule has 136 valence electrons. The molecule has 1 fully saturated rings. The summed E-state index contributed by atoms with van der Waals surface area (Å²) in [4.78, 5) is 2.63. The summed E-state index contributed by atoms with van der Waals surface area (Å²) in [6, 6.07) is 4.98. The van der Waals surface area contributed by atoms with Gasteiger partial charge in [-0.3, -0.25) is 4.90 Å². The number of benzene rings is 1. The minimum atomic E-state index is -3.49. The fourth-order valence-electron chi connectivity index (χ4n) is 3.10. The summed E-state index contributed by atoms with van der Waals surface area (Å²) in [6.07, 6.45) is 1.23. The van der Waals surface area contributed by atoms with Crippen LogP contribution in [0.15, 0.2) is 23.1 Å². The third-order valence-corrected chi connectivity index (χ3v) is 5.73. The summed E-state index contributed by atoms with van der Waals surface area (Å²) in [5.74, 6) is 0.655. The standard InChI is InChI=1S/C17H28N2O4S/c1-13-10-16(22-4)6-7-17(13)24(20,21)18-8-5-9-19-11-14(2)23-15(3)12-19/h6-7,10,14-15,18H,5,8-9,11-12H2,1-4H3/t14-,15-/m0/s1. The van der Waals surface area contributed by atoms with Gasteiger partial charge in [0.25, 0.3) is 0 Å². The van der Waals surface area contributed by atoms with Crippen LogP contribution in [0.2, 0.25) is 0 Å². The highest BCUT2D eigenvalue weighted by Gasteiger charge is 2.22. The molecule has 1 aliphatic rings. The molecule has 1 N–H and O–H groups in total. The molecule has 2 rings (SSSR count). The van der Waals surface area contributed by atoms with Gasteiger partial charge in [-0.05, 0) is 57.5 Å². The third kappa shape index (κ3) is 5.17. The number of nitrogens with one attached hydrogen (secondary N) is 1. The Bertz CT molecular complexity index is 638. The number of morpholine rings is 1. The first-order valence-electron chi connectivity index (χ1n) is 8.34. The van der Waals surface area contributed by atoms with Gasteiger partial charge in [0.05, 0.1) is 24.2 Å². The Morgan fingerprint density at radius 3 is 2.54 bits per heavy atom. The third-order valence-electron chi connectivity index (χ3n) is 4.11. The molecule has 7 heteroatoms. The molecule has 1 saturated heterocycles. The summed E-state index contributed by atoms with van der Waals surface area (Å²) in [5, 5.41) is 0. The highest BCUT2D eigenvalue weighted by Crippen LogP contribution is 2.20. The van der Waals surface area contributed by atoms with Crippen molar-refractivity contribution in [2.75, 3.05) is 33.3 Å². The Morgan fingerprint density at radius 1 is 1.29 bits per heavy atom. The van der Waals surface area contributed by atoms with E-state index in [1.54, 1.807) is 32.2 Å². The van der Waals surface area contributed by atoms with Crippen LogP contribution in [0, 0.1) is 6.92 Å². The second-order valence-electron chi connectivity index (χ2n) is 6.40. The zero-order valence-electron chi connectivity index (χ0n) is 14.9. The lowest BCUT2D eigenvalue weighted by molar-refractivity contribution is -0.0679. The van der Waals surface area contributed by atoms with E-state index in [1.165, 1.54) is 0 Å². The number of methoxy groups -OCH3 is 1. The highest BCUT2D eigenvalue weighted by atomic mass is 32.2. The minimum absolute atomic E-state index is 0.229. The zero-order valence-corrected chi connectivity index (χ0v) is 15.7. The number of nitrogens with zero attached hydrogens (tertiary/aromatic N) is 1. The van der Waals surface area contributed by atoms with Crippen molar-refractivity contribution in [1.29, 1.82) is 0 Å². The summed E-state index contributed by atoms with van der Waals surface area (Å²) < 4.78 is 38.4. The van der Waals surface area contributed by atoms with Crippen LogP contribution in [0.5, 0.6) is 5.75 Å². The molecule has 0 aliphatic carbocycles.